The number of piperidine rings is 1. The number of likely N-dealkylation sites (tertiary alicyclic amines) is 1. The summed E-state index contributed by atoms with van der Waals surface area (Å²) in [5, 5.41) is 12.2. The first-order valence-corrected chi connectivity index (χ1v) is 8.59. The fraction of sp³-hybridized carbons (Fsp3) is 0.688. The highest BCUT2D eigenvalue weighted by Crippen LogP contribution is 2.51. The van der Waals surface area contributed by atoms with E-state index in [0.717, 1.165) is 42.8 Å². The number of ether oxygens (including phenoxy) is 1. The van der Waals surface area contributed by atoms with Crippen molar-refractivity contribution in [2.45, 2.75) is 45.3 Å². The minimum Gasteiger partial charge on any atom is -0.392 e. The van der Waals surface area contributed by atoms with Gasteiger partial charge in [0.15, 0.2) is 0 Å². The lowest BCUT2D eigenvalue weighted by atomic mass is 9.58. The van der Waals surface area contributed by atoms with E-state index in [0.29, 0.717) is 6.61 Å². The Morgan fingerprint density at radius 2 is 2.24 bits per heavy atom. The van der Waals surface area contributed by atoms with Crippen LogP contribution in [-0.4, -0.2) is 47.8 Å². The van der Waals surface area contributed by atoms with E-state index in [1.165, 1.54) is 11.3 Å². The summed E-state index contributed by atoms with van der Waals surface area (Å²) in [7, 11) is 0. The summed E-state index contributed by atoms with van der Waals surface area (Å²) in [6, 6.07) is 1.99. The molecule has 3 rings (SSSR count). The zero-order valence-electron chi connectivity index (χ0n) is 12.7. The maximum atomic E-state index is 12.5. The molecule has 1 saturated carbocycles. The monoisotopic (exact) mass is 309 g/mol. The standard InChI is InChI=1S/C16H23NO3S/c1-3-20-13-10-12(18)16(13)5-7-17(8-6-16)15(19)14-11(2)4-9-21-14/h4,9,12-13,18H,3,5-8,10H2,1-2H3/t12-,13+/m0/s1. The number of rotatable bonds is 3. The van der Waals surface area contributed by atoms with E-state index in [1.807, 2.05) is 30.2 Å². The minimum absolute atomic E-state index is 0.114. The Hall–Kier alpha value is -0.910. The predicted molar refractivity (Wildman–Crippen MR) is 82.7 cm³/mol. The van der Waals surface area contributed by atoms with Gasteiger partial charge in [0, 0.05) is 31.5 Å². The molecule has 2 atom stereocenters. The van der Waals surface area contributed by atoms with E-state index < -0.39 is 0 Å². The smallest absolute Gasteiger partial charge is 0.264 e. The van der Waals surface area contributed by atoms with Gasteiger partial charge in [-0.15, -0.1) is 11.3 Å². The summed E-state index contributed by atoms with van der Waals surface area (Å²) in [5.41, 5.74) is 0.943. The summed E-state index contributed by atoms with van der Waals surface area (Å²) in [6.07, 6.45) is 2.32. The summed E-state index contributed by atoms with van der Waals surface area (Å²) in [4.78, 5) is 15.3. The Balaban J connectivity index is 1.65. The highest BCUT2D eigenvalue weighted by Gasteiger charge is 2.56. The molecule has 116 valence electrons. The molecule has 1 aliphatic heterocycles. The molecule has 5 heteroatoms. The molecule has 1 aromatic rings. The number of thiophene rings is 1. The predicted octanol–water partition coefficient (Wildman–Crippen LogP) is 2.45. The van der Waals surface area contributed by atoms with Gasteiger partial charge in [-0.2, -0.15) is 0 Å². The topological polar surface area (TPSA) is 49.8 Å². The molecule has 1 spiro atoms. The van der Waals surface area contributed by atoms with Crippen LogP contribution in [0.4, 0.5) is 0 Å². The van der Waals surface area contributed by atoms with E-state index in [2.05, 4.69) is 0 Å². The van der Waals surface area contributed by atoms with Crippen molar-refractivity contribution < 1.29 is 14.6 Å². The van der Waals surface area contributed by atoms with Gasteiger partial charge in [-0.1, -0.05) is 0 Å². The molecule has 2 fully saturated rings. The first-order valence-electron chi connectivity index (χ1n) is 7.71. The molecule has 21 heavy (non-hydrogen) atoms. The fourth-order valence-corrected chi connectivity index (χ4v) is 4.57. The molecule has 1 N–H and O–H groups in total. The van der Waals surface area contributed by atoms with E-state index in [1.54, 1.807) is 0 Å². The van der Waals surface area contributed by atoms with Crippen molar-refractivity contribution in [2.24, 2.45) is 5.41 Å². The average molecular weight is 309 g/mol. The van der Waals surface area contributed by atoms with Crippen LogP contribution in [0.1, 0.15) is 41.4 Å². The van der Waals surface area contributed by atoms with Crippen molar-refractivity contribution in [2.75, 3.05) is 19.7 Å². The number of nitrogens with zero attached hydrogens (tertiary/aromatic N) is 1. The average Bonchev–Trinajstić information content (AvgIpc) is 2.92. The molecule has 2 heterocycles. The van der Waals surface area contributed by atoms with Crippen molar-refractivity contribution in [3.05, 3.63) is 21.9 Å². The van der Waals surface area contributed by atoms with E-state index in [-0.39, 0.29) is 23.5 Å². The van der Waals surface area contributed by atoms with Crippen molar-refractivity contribution in [3.8, 4) is 0 Å². The highest BCUT2D eigenvalue weighted by atomic mass is 32.1. The van der Waals surface area contributed by atoms with Crippen LogP contribution >= 0.6 is 11.3 Å². The second kappa shape index (κ2) is 5.71. The van der Waals surface area contributed by atoms with Gasteiger partial charge >= 0.3 is 0 Å². The van der Waals surface area contributed by atoms with Crippen molar-refractivity contribution in [3.63, 3.8) is 0 Å². The zero-order valence-corrected chi connectivity index (χ0v) is 13.5. The van der Waals surface area contributed by atoms with Gasteiger partial charge < -0.3 is 14.7 Å². The van der Waals surface area contributed by atoms with Crippen LogP contribution in [0.15, 0.2) is 11.4 Å². The Bertz CT molecular complexity index is 517. The Kier molecular flexibility index (Phi) is 4.08. The SMILES string of the molecule is CCO[C@@H]1C[C@H](O)C12CCN(C(=O)c1sccc1C)CC2. The van der Waals surface area contributed by atoms with Gasteiger partial charge in [-0.25, -0.2) is 0 Å². The molecule has 0 bridgehead atoms. The summed E-state index contributed by atoms with van der Waals surface area (Å²) in [5.74, 6) is 0.138. The third-order valence-electron chi connectivity index (χ3n) is 5.15. The molecule has 4 nitrogen and oxygen atoms in total. The number of carbonyl (C=O) groups excluding carboxylic acids is 1. The molecule has 1 aliphatic carbocycles. The first kappa shape index (κ1) is 15.0. The molecule has 1 saturated heterocycles. The van der Waals surface area contributed by atoms with E-state index >= 15 is 0 Å². The third kappa shape index (κ3) is 2.41. The minimum atomic E-state index is -0.269. The number of hydrogen-bond donors (Lipinski definition) is 1. The van der Waals surface area contributed by atoms with Gasteiger partial charge in [0.1, 0.15) is 0 Å². The Morgan fingerprint density at radius 3 is 2.76 bits per heavy atom. The molecule has 1 amide bonds. The molecular weight excluding hydrogens is 286 g/mol. The number of aliphatic hydroxyl groups excluding tert-OH is 1. The Labute approximate surface area is 129 Å². The largest absolute Gasteiger partial charge is 0.392 e. The summed E-state index contributed by atoms with van der Waals surface area (Å²) < 4.78 is 5.77. The number of carbonyl (C=O) groups is 1. The molecule has 0 aromatic carbocycles. The molecule has 1 aromatic heterocycles. The van der Waals surface area contributed by atoms with E-state index in [4.69, 9.17) is 4.74 Å². The number of hydrogen-bond acceptors (Lipinski definition) is 4. The summed E-state index contributed by atoms with van der Waals surface area (Å²) in [6.45, 7) is 6.11. The third-order valence-corrected chi connectivity index (χ3v) is 6.15. The molecular formula is C16H23NO3S. The maximum absolute atomic E-state index is 12.5. The summed E-state index contributed by atoms with van der Waals surface area (Å²) >= 11 is 1.51. The van der Waals surface area contributed by atoms with E-state index in [9.17, 15) is 9.90 Å². The normalized spacial score (nSPS) is 27.7. The second-order valence-corrected chi connectivity index (χ2v) is 7.07. The van der Waals surface area contributed by atoms with Crippen molar-refractivity contribution in [1.29, 1.82) is 0 Å². The number of aliphatic hydroxyl groups is 1. The molecule has 0 unspecified atom stereocenters. The molecule has 0 radical (unpaired) electrons. The number of aryl methyl sites for hydroxylation is 1. The fourth-order valence-electron chi connectivity index (χ4n) is 3.68. The van der Waals surface area contributed by atoms with Crippen molar-refractivity contribution >= 4 is 17.2 Å². The first-order chi connectivity index (χ1) is 10.1. The van der Waals surface area contributed by atoms with Gasteiger partial charge in [0.05, 0.1) is 17.1 Å². The van der Waals surface area contributed by atoms with Gasteiger partial charge in [-0.3, -0.25) is 4.79 Å². The number of amides is 1. The van der Waals surface area contributed by atoms with Crippen LogP contribution in [0.3, 0.4) is 0 Å². The van der Waals surface area contributed by atoms with Gasteiger partial charge in [0.25, 0.3) is 5.91 Å². The van der Waals surface area contributed by atoms with Crippen LogP contribution in [0.2, 0.25) is 0 Å². The highest BCUT2D eigenvalue weighted by molar-refractivity contribution is 7.12. The van der Waals surface area contributed by atoms with Gasteiger partial charge in [0.2, 0.25) is 0 Å². The lowest BCUT2D eigenvalue weighted by Crippen LogP contribution is -2.62. The van der Waals surface area contributed by atoms with Crippen molar-refractivity contribution in [1.82, 2.24) is 4.90 Å². The Morgan fingerprint density at radius 1 is 1.52 bits per heavy atom. The maximum Gasteiger partial charge on any atom is 0.264 e. The lowest BCUT2D eigenvalue weighted by Gasteiger charge is -2.56. The molecule has 2 aliphatic rings. The van der Waals surface area contributed by atoms with Crippen LogP contribution < -0.4 is 0 Å². The van der Waals surface area contributed by atoms with Crippen LogP contribution in [-0.2, 0) is 4.74 Å². The van der Waals surface area contributed by atoms with Crippen LogP contribution in [0.25, 0.3) is 0 Å². The van der Waals surface area contributed by atoms with Crippen LogP contribution in [0.5, 0.6) is 0 Å². The van der Waals surface area contributed by atoms with Crippen LogP contribution in [0, 0.1) is 12.3 Å². The quantitative estimate of drug-likeness (QED) is 0.933. The van der Waals surface area contributed by atoms with Gasteiger partial charge in [-0.05, 0) is 43.7 Å². The zero-order chi connectivity index (χ0) is 15.0. The lowest BCUT2D eigenvalue weighted by molar-refractivity contribution is -0.207. The second-order valence-electron chi connectivity index (χ2n) is 6.15.